The van der Waals surface area contributed by atoms with Crippen LogP contribution in [0.25, 0.3) is 12.2 Å². The molecule has 0 fully saturated rings. The Labute approximate surface area is 127 Å². The Morgan fingerprint density at radius 1 is 1.10 bits per heavy atom. The molecule has 0 bridgehead atoms. The van der Waals surface area contributed by atoms with Gasteiger partial charge in [0.1, 0.15) is 0 Å². The van der Waals surface area contributed by atoms with Crippen LogP contribution in [0.15, 0.2) is 42.6 Å². The first-order valence-electron chi connectivity index (χ1n) is 7.63. The molecule has 0 atom stereocenters. The van der Waals surface area contributed by atoms with E-state index in [0.717, 1.165) is 0 Å². The van der Waals surface area contributed by atoms with Gasteiger partial charge < -0.3 is 0 Å². The fourth-order valence-electron chi connectivity index (χ4n) is 2.85. The molecule has 3 heteroatoms. The molecule has 1 aromatic carbocycles. The van der Waals surface area contributed by atoms with Crippen LogP contribution in [0.1, 0.15) is 25.3 Å². The zero-order valence-electron chi connectivity index (χ0n) is 13.2. The van der Waals surface area contributed by atoms with Crippen molar-refractivity contribution >= 4 is 24.8 Å². The lowest BCUT2D eigenvalue weighted by Crippen LogP contribution is -2.48. The number of nitrogens with zero attached hydrogens (tertiary/aromatic N) is 2. The van der Waals surface area contributed by atoms with Crippen molar-refractivity contribution in [3.8, 4) is 0 Å². The first-order chi connectivity index (χ1) is 10.1. The second-order valence-corrected chi connectivity index (χ2v) is 6.16. The van der Waals surface area contributed by atoms with Gasteiger partial charge in [0, 0.05) is 11.3 Å². The van der Waals surface area contributed by atoms with Crippen molar-refractivity contribution in [3.05, 3.63) is 58.6 Å². The highest BCUT2D eigenvalue weighted by atomic mass is 15.2. The number of aryl methyl sites for hydroxylation is 1. The van der Waals surface area contributed by atoms with Crippen LogP contribution in [0, 0.1) is 0 Å². The molecule has 0 amide bonds. The predicted octanol–water partition coefficient (Wildman–Crippen LogP) is 1.83. The maximum Gasteiger partial charge on any atom is 0.402 e. The van der Waals surface area contributed by atoms with E-state index in [-0.39, 0.29) is 0 Å². The zero-order chi connectivity index (χ0) is 15.0. The van der Waals surface area contributed by atoms with Gasteiger partial charge in [0.2, 0.25) is 0 Å². The van der Waals surface area contributed by atoms with E-state index in [1.807, 2.05) is 0 Å². The summed E-state index contributed by atoms with van der Waals surface area (Å²) in [5.74, 6) is 4.11. The third kappa shape index (κ3) is 2.60. The Bertz CT molecular complexity index is 780. The summed E-state index contributed by atoms with van der Waals surface area (Å²) in [7, 11) is 2.11. The first kappa shape index (κ1) is 13.9. The largest absolute Gasteiger partial charge is 0.402 e. The molecule has 1 aliphatic rings. The maximum absolute atomic E-state index is 2.36. The smallest absolute Gasteiger partial charge is 0.293 e. The number of hydrogen-bond donors (Lipinski definition) is 0. The van der Waals surface area contributed by atoms with E-state index in [0.29, 0.717) is 12.8 Å². The molecule has 106 valence electrons. The lowest BCUT2D eigenvalue weighted by Gasteiger charge is -2.21. The van der Waals surface area contributed by atoms with Crippen LogP contribution in [0.3, 0.4) is 0 Å². The number of aromatic nitrogens is 1. The van der Waals surface area contributed by atoms with Crippen molar-refractivity contribution < 1.29 is 4.57 Å². The molecule has 0 radical (unpaired) electrons. The number of rotatable bonds is 2. The fraction of sp³-hybridized carbons (Fsp3) is 0.278. The Kier molecular flexibility index (Phi) is 3.58. The summed E-state index contributed by atoms with van der Waals surface area (Å²) in [5.41, 5.74) is 1.38. The molecule has 21 heavy (non-hydrogen) atoms. The summed E-state index contributed by atoms with van der Waals surface area (Å²) in [5, 5.41) is 2.61. The van der Waals surface area contributed by atoms with E-state index in [1.54, 1.807) is 0 Å². The van der Waals surface area contributed by atoms with Crippen LogP contribution in [0.4, 0.5) is 5.82 Å². The molecule has 1 aliphatic heterocycles. The Balaban J connectivity index is 2.13. The number of anilines is 1. The molecule has 2 nitrogen and oxygen atoms in total. The van der Waals surface area contributed by atoms with Gasteiger partial charge in [-0.05, 0) is 29.6 Å². The predicted molar refractivity (Wildman–Crippen MR) is 90.4 cm³/mol. The van der Waals surface area contributed by atoms with Gasteiger partial charge in [-0.1, -0.05) is 44.1 Å². The quantitative estimate of drug-likeness (QED) is 0.600. The number of fused-ring (bicyclic) bond motifs is 1. The average molecular weight is 277 g/mol. The molecule has 3 rings (SSSR count). The lowest BCUT2D eigenvalue weighted by atomic mass is 9.61. The molecule has 0 N–H and O–H groups in total. The molecular weight excluding hydrogens is 255 g/mol. The summed E-state index contributed by atoms with van der Waals surface area (Å²) in [6, 6.07) is 13.1. The van der Waals surface area contributed by atoms with Gasteiger partial charge >= 0.3 is 6.85 Å². The number of pyridine rings is 1. The van der Waals surface area contributed by atoms with Crippen LogP contribution in [0.2, 0.25) is 6.82 Å². The van der Waals surface area contributed by atoms with Gasteiger partial charge in [0.15, 0.2) is 0 Å². The molecule has 2 aromatic rings. The topological polar surface area (TPSA) is 7.12 Å². The van der Waals surface area contributed by atoms with E-state index in [1.165, 1.54) is 21.8 Å². The van der Waals surface area contributed by atoms with Crippen LogP contribution >= 0.6 is 0 Å². The van der Waals surface area contributed by atoms with Crippen LogP contribution < -0.4 is 19.8 Å². The summed E-state index contributed by atoms with van der Waals surface area (Å²) >= 11 is 0. The second kappa shape index (κ2) is 5.40. The number of hydrogen-bond acceptors (Lipinski definition) is 1. The van der Waals surface area contributed by atoms with Crippen LogP contribution in [-0.4, -0.2) is 6.85 Å². The van der Waals surface area contributed by atoms with Crippen molar-refractivity contribution in [3.63, 3.8) is 0 Å². The summed E-state index contributed by atoms with van der Waals surface area (Å²) in [4.78, 5) is 2.36. The minimum Gasteiger partial charge on any atom is -0.293 e. The fourth-order valence-corrected chi connectivity index (χ4v) is 2.85. The van der Waals surface area contributed by atoms with E-state index in [2.05, 4.69) is 91.9 Å². The monoisotopic (exact) mass is 277 g/mol. The highest BCUT2D eigenvalue weighted by Gasteiger charge is 2.27. The summed E-state index contributed by atoms with van der Waals surface area (Å²) in [6.07, 6.45) is 4.42. The number of benzene rings is 1. The highest BCUT2D eigenvalue weighted by Crippen LogP contribution is 2.19. The third-order valence-corrected chi connectivity index (χ3v) is 4.21. The molecular formula is C18H22BN2+. The summed E-state index contributed by atoms with van der Waals surface area (Å²) < 4.78 is 2.20. The van der Waals surface area contributed by atoms with Crippen molar-refractivity contribution in [1.82, 2.24) is 0 Å². The van der Waals surface area contributed by atoms with Crippen molar-refractivity contribution in [2.45, 2.75) is 26.6 Å². The van der Waals surface area contributed by atoms with E-state index >= 15 is 0 Å². The van der Waals surface area contributed by atoms with Crippen molar-refractivity contribution in [2.75, 3.05) is 4.81 Å². The molecule has 2 heterocycles. The Morgan fingerprint density at radius 3 is 2.52 bits per heavy atom. The van der Waals surface area contributed by atoms with Gasteiger partial charge in [0.25, 0.3) is 5.82 Å². The minimum atomic E-state index is 0.355. The highest BCUT2D eigenvalue weighted by molar-refractivity contribution is 6.76. The van der Waals surface area contributed by atoms with E-state index in [9.17, 15) is 0 Å². The van der Waals surface area contributed by atoms with Crippen molar-refractivity contribution in [1.29, 1.82) is 0 Å². The van der Waals surface area contributed by atoms with E-state index in [4.69, 9.17) is 0 Å². The first-order valence-corrected chi connectivity index (χ1v) is 7.63. The molecule has 0 spiro atoms. The van der Waals surface area contributed by atoms with Gasteiger partial charge in [-0.3, -0.25) is 4.81 Å². The molecule has 1 aromatic heterocycles. The lowest BCUT2D eigenvalue weighted by molar-refractivity contribution is -0.658. The standard InChI is InChI=1S/C18H22BN2/c1-14(2)15-9-10-20(4)18(11-15)21-13-17-8-6-5-7-16(17)12-19(21)3/h5-14H,1-4H3/q+1. The second-order valence-electron chi connectivity index (χ2n) is 6.16. The SMILES string of the molecule is CB1C=c2ccccc2=CN1c1cc(C(C)C)cc[n+]1C. The van der Waals surface area contributed by atoms with Gasteiger partial charge in [-0.15, -0.1) is 0 Å². The van der Waals surface area contributed by atoms with Gasteiger partial charge in [-0.2, -0.15) is 0 Å². The molecule has 0 unspecified atom stereocenters. The Hall–Kier alpha value is -2.03. The van der Waals surface area contributed by atoms with E-state index < -0.39 is 0 Å². The normalized spacial score (nSPS) is 13.8. The average Bonchev–Trinajstić information content (AvgIpc) is 2.47. The minimum absolute atomic E-state index is 0.355. The molecule has 0 saturated heterocycles. The molecule has 0 aliphatic carbocycles. The van der Waals surface area contributed by atoms with Gasteiger partial charge in [0.05, 0.1) is 19.4 Å². The maximum atomic E-state index is 2.36. The van der Waals surface area contributed by atoms with Gasteiger partial charge in [-0.25, -0.2) is 4.57 Å². The Morgan fingerprint density at radius 2 is 1.81 bits per heavy atom. The third-order valence-electron chi connectivity index (χ3n) is 4.21. The van der Waals surface area contributed by atoms with Crippen molar-refractivity contribution in [2.24, 2.45) is 7.05 Å². The summed E-state index contributed by atoms with van der Waals surface area (Å²) in [6.45, 7) is 7.08. The zero-order valence-corrected chi connectivity index (χ0v) is 13.2. The molecule has 0 saturated carbocycles. The van der Waals surface area contributed by atoms with Crippen LogP contribution in [0.5, 0.6) is 0 Å². The van der Waals surface area contributed by atoms with Crippen LogP contribution in [-0.2, 0) is 7.05 Å².